The fourth-order valence-corrected chi connectivity index (χ4v) is 0.453. The van der Waals surface area contributed by atoms with Gasteiger partial charge in [0.05, 0.1) is 0 Å². The number of aromatic hydroxyl groups is 2. The van der Waals surface area contributed by atoms with Crippen molar-refractivity contribution in [3.63, 3.8) is 0 Å². The van der Waals surface area contributed by atoms with Crippen molar-refractivity contribution in [2.24, 2.45) is 0 Å². The van der Waals surface area contributed by atoms with E-state index in [2.05, 4.69) is 0 Å². The third-order valence-corrected chi connectivity index (χ3v) is 0.850. The third-order valence-electron chi connectivity index (χ3n) is 0.850. The van der Waals surface area contributed by atoms with Gasteiger partial charge in [0, 0.05) is 0 Å². The molecule has 0 amide bonds. The molecule has 44 valence electrons. The Morgan fingerprint density at radius 1 is 0.889 bits per heavy atom. The Balaban J connectivity index is 0. The van der Waals surface area contributed by atoms with E-state index in [0.717, 1.165) is 0 Å². The van der Waals surface area contributed by atoms with Crippen LogP contribution in [-0.4, -0.2) is 10.2 Å². The Morgan fingerprint density at radius 3 is 1.33 bits per heavy atom. The zero-order chi connectivity index (χ0) is 5.98. The topological polar surface area (TPSA) is 40.5 Å². The molecule has 0 saturated heterocycles. The number of phenolic OH excluding ortho intramolecular Hbond substituents is 2. The van der Waals surface area contributed by atoms with Crippen LogP contribution >= 0.6 is 0 Å². The molecular weight excluding hydrogens is 143 g/mol. The Morgan fingerprint density at radius 2 is 1.11 bits per heavy atom. The standard InChI is InChI=1S/C6H6O2.K.H/c7-5-1-2-6(8)4-3-5;;/h1-4,7-8H;;/q;+1;-1. The predicted molar refractivity (Wildman–Crippen MR) is 30.9 cm³/mol. The van der Waals surface area contributed by atoms with Crippen molar-refractivity contribution in [1.82, 2.24) is 0 Å². The molecule has 0 aliphatic carbocycles. The molecule has 0 unspecified atom stereocenters. The zero-order valence-corrected chi connectivity index (χ0v) is 8.33. The molecule has 0 spiro atoms. The molecule has 0 radical (unpaired) electrons. The van der Waals surface area contributed by atoms with Crippen LogP contribution in [0.3, 0.4) is 0 Å². The molecule has 0 atom stereocenters. The average molecular weight is 150 g/mol. The summed E-state index contributed by atoms with van der Waals surface area (Å²) in [6.07, 6.45) is 0. The van der Waals surface area contributed by atoms with Crippen LogP contribution in [0.2, 0.25) is 0 Å². The zero-order valence-electron chi connectivity index (χ0n) is 6.20. The third kappa shape index (κ3) is 3.22. The van der Waals surface area contributed by atoms with Crippen molar-refractivity contribution in [1.29, 1.82) is 0 Å². The van der Waals surface area contributed by atoms with Gasteiger partial charge in [-0.05, 0) is 24.3 Å². The van der Waals surface area contributed by atoms with Gasteiger partial charge in [-0.1, -0.05) is 0 Å². The normalized spacial score (nSPS) is 8.00. The maximum absolute atomic E-state index is 8.65. The molecule has 3 heteroatoms. The monoisotopic (exact) mass is 150 g/mol. The maximum Gasteiger partial charge on any atom is 1.00 e. The first kappa shape index (κ1) is 9.46. The molecule has 0 aliphatic rings. The van der Waals surface area contributed by atoms with E-state index < -0.39 is 0 Å². The van der Waals surface area contributed by atoms with E-state index in [1.165, 1.54) is 24.3 Å². The minimum atomic E-state index is 0. The average Bonchev–Trinajstić information content (AvgIpc) is 1.77. The van der Waals surface area contributed by atoms with Gasteiger partial charge in [0.25, 0.3) is 0 Å². The molecule has 1 aromatic rings. The van der Waals surface area contributed by atoms with E-state index in [0.29, 0.717) is 0 Å². The van der Waals surface area contributed by atoms with Crippen LogP contribution in [0.4, 0.5) is 0 Å². The van der Waals surface area contributed by atoms with Gasteiger partial charge in [-0.15, -0.1) is 0 Å². The summed E-state index contributed by atoms with van der Waals surface area (Å²) in [6, 6.07) is 5.70. The second-order valence-corrected chi connectivity index (χ2v) is 1.52. The van der Waals surface area contributed by atoms with Crippen molar-refractivity contribution < 1.29 is 63.0 Å². The minimum absolute atomic E-state index is 0. The van der Waals surface area contributed by atoms with E-state index in [9.17, 15) is 0 Å². The molecule has 2 N–H and O–H groups in total. The first-order valence-corrected chi connectivity index (χ1v) is 2.27. The van der Waals surface area contributed by atoms with Gasteiger partial charge in [0.2, 0.25) is 0 Å². The van der Waals surface area contributed by atoms with Gasteiger partial charge in [-0.2, -0.15) is 0 Å². The van der Waals surface area contributed by atoms with Gasteiger partial charge in [-0.3, -0.25) is 0 Å². The van der Waals surface area contributed by atoms with Crippen LogP contribution in [0.5, 0.6) is 11.5 Å². The van der Waals surface area contributed by atoms with E-state index in [1.807, 2.05) is 0 Å². The first-order valence-electron chi connectivity index (χ1n) is 2.27. The van der Waals surface area contributed by atoms with E-state index in [1.54, 1.807) is 0 Å². The molecule has 0 aromatic heterocycles. The fourth-order valence-electron chi connectivity index (χ4n) is 0.453. The second-order valence-electron chi connectivity index (χ2n) is 1.52. The smallest absolute Gasteiger partial charge is 1.00 e. The van der Waals surface area contributed by atoms with Crippen LogP contribution in [0.15, 0.2) is 24.3 Å². The molecule has 1 aromatic carbocycles. The summed E-state index contributed by atoms with van der Waals surface area (Å²) < 4.78 is 0. The number of rotatable bonds is 0. The van der Waals surface area contributed by atoms with Crippen molar-refractivity contribution in [2.45, 2.75) is 0 Å². The van der Waals surface area contributed by atoms with Crippen molar-refractivity contribution in [3.05, 3.63) is 24.3 Å². The van der Waals surface area contributed by atoms with Crippen molar-refractivity contribution in [3.8, 4) is 11.5 Å². The number of hydrogen-bond donors (Lipinski definition) is 2. The van der Waals surface area contributed by atoms with Crippen molar-refractivity contribution in [2.75, 3.05) is 0 Å². The molecule has 0 aliphatic heterocycles. The molecule has 9 heavy (non-hydrogen) atoms. The van der Waals surface area contributed by atoms with Gasteiger partial charge in [0.1, 0.15) is 11.5 Å². The number of benzene rings is 1. The van der Waals surface area contributed by atoms with Gasteiger partial charge in [-0.25, -0.2) is 0 Å². The van der Waals surface area contributed by atoms with Gasteiger partial charge in [0.15, 0.2) is 0 Å². The van der Waals surface area contributed by atoms with Crippen LogP contribution in [0.1, 0.15) is 1.43 Å². The SMILES string of the molecule is Oc1ccc(O)cc1.[H-].[K+]. The van der Waals surface area contributed by atoms with Crippen LogP contribution in [-0.2, 0) is 0 Å². The summed E-state index contributed by atoms with van der Waals surface area (Å²) in [5.41, 5.74) is 0. The Hall–Kier alpha value is 0.456. The largest absolute Gasteiger partial charge is 1.00 e. The number of hydrogen-bond acceptors (Lipinski definition) is 2. The predicted octanol–water partition coefficient (Wildman–Crippen LogP) is -1.79. The molecule has 1 rings (SSSR count). The summed E-state index contributed by atoms with van der Waals surface area (Å²) in [5.74, 6) is 0.339. The minimum Gasteiger partial charge on any atom is -1.00 e. The van der Waals surface area contributed by atoms with Crippen LogP contribution in [0.25, 0.3) is 0 Å². The Kier molecular flexibility index (Phi) is 4.52. The second kappa shape index (κ2) is 4.30. The molecular formula is C6H7KO2. The first-order chi connectivity index (χ1) is 3.79. The summed E-state index contributed by atoms with van der Waals surface area (Å²) in [6.45, 7) is 0. The summed E-state index contributed by atoms with van der Waals surface area (Å²) in [4.78, 5) is 0. The summed E-state index contributed by atoms with van der Waals surface area (Å²) in [7, 11) is 0. The molecule has 0 fully saturated rings. The fraction of sp³-hybridized carbons (Fsp3) is 0. The Labute approximate surface area is 97.4 Å². The summed E-state index contributed by atoms with van der Waals surface area (Å²) in [5, 5.41) is 17.3. The van der Waals surface area contributed by atoms with E-state index in [4.69, 9.17) is 10.2 Å². The van der Waals surface area contributed by atoms with Crippen LogP contribution < -0.4 is 51.4 Å². The molecule has 0 bridgehead atoms. The van der Waals surface area contributed by atoms with E-state index >= 15 is 0 Å². The Bertz CT molecular complexity index is 155. The van der Waals surface area contributed by atoms with E-state index in [-0.39, 0.29) is 64.3 Å². The molecule has 2 nitrogen and oxygen atoms in total. The van der Waals surface area contributed by atoms with Gasteiger partial charge >= 0.3 is 51.4 Å². The van der Waals surface area contributed by atoms with Crippen LogP contribution in [0, 0.1) is 0 Å². The maximum atomic E-state index is 8.65. The number of phenols is 2. The van der Waals surface area contributed by atoms with Crippen molar-refractivity contribution >= 4 is 0 Å². The van der Waals surface area contributed by atoms with Gasteiger partial charge < -0.3 is 11.6 Å². The quantitative estimate of drug-likeness (QED) is 0.339. The molecule has 0 saturated carbocycles. The summed E-state index contributed by atoms with van der Waals surface area (Å²) >= 11 is 0. The molecule has 0 heterocycles.